The number of nitrogens with one attached hydrogen (secondary N) is 1. The van der Waals surface area contributed by atoms with Crippen LogP contribution in [-0.4, -0.2) is 22.5 Å². The molecule has 0 unspecified atom stereocenters. The van der Waals surface area contributed by atoms with Gasteiger partial charge in [0.05, 0.1) is 0 Å². The Balaban J connectivity index is 2.18. The molecule has 0 fully saturated rings. The maximum atomic E-state index is 4.29. The van der Waals surface area contributed by atoms with E-state index in [0.29, 0.717) is 6.04 Å². The highest BCUT2D eigenvalue weighted by Gasteiger charge is 2.10. The average molecular weight is 279 g/mol. The van der Waals surface area contributed by atoms with E-state index in [1.54, 1.807) is 23.1 Å². The number of thioether (sulfide) groups is 1. The molecule has 0 spiro atoms. The van der Waals surface area contributed by atoms with Crippen LogP contribution in [0.25, 0.3) is 10.6 Å². The van der Waals surface area contributed by atoms with E-state index in [1.165, 1.54) is 10.5 Å². The quantitative estimate of drug-likeness (QED) is 0.851. The molecule has 2 rings (SSSR count). The van der Waals surface area contributed by atoms with Crippen LogP contribution in [0.1, 0.15) is 18.9 Å². The number of hydrogen-bond donors (Lipinski definition) is 1. The second kappa shape index (κ2) is 6.31. The van der Waals surface area contributed by atoms with Gasteiger partial charge in [-0.15, -0.1) is 22.0 Å². The van der Waals surface area contributed by atoms with Crippen LogP contribution in [0.3, 0.4) is 0 Å². The second-order valence-corrected chi connectivity index (χ2v) is 6.15. The predicted octanol–water partition coefficient (Wildman–Crippen LogP) is 3.43. The molecule has 96 valence electrons. The van der Waals surface area contributed by atoms with Crippen LogP contribution >= 0.6 is 23.1 Å². The first-order valence-electron chi connectivity index (χ1n) is 5.90. The third-order valence-electron chi connectivity index (χ3n) is 2.47. The van der Waals surface area contributed by atoms with Crippen molar-refractivity contribution in [1.29, 1.82) is 0 Å². The van der Waals surface area contributed by atoms with Gasteiger partial charge in [0.1, 0.15) is 10.0 Å². The van der Waals surface area contributed by atoms with Gasteiger partial charge in [-0.25, -0.2) is 0 Å². The molecule has 0 radical (unpaired) electrons. The number of nitrogens with zero attached hydrogens (tertiary/aromatic N) is 2. The molecule has 1 aromatic heterocycles. The number of rotatable bonds is 5. The third kappa shape index (κ3) is 3.31. The Hall–Kier alpha value is -0.910. The Bertz CT molecular complexity index is 508. The molecule has 0 aliphatic carbocycles. The molecule has 1 aromatic carbocycles. The normalized spacial score (nSPS) is 11.1. The summed E-state index contributed by atoms with van der Waals surface area (Å²) in [5, 5.41) is 13.9. The highest BCUT2D eigenvalue weighted by Crippen LogP contribution is 2.31. The molecule has 0 aliphatic rings. The van der Waals surface area contributed by atoms with Crippen molar-refractivity contribution < 1.29 is 0 Å². The maximum absolute atomic E-state index is 4.29. The molecule has 0 aliphatic heterocycles. The summed E-state index contributed by atoms with van der Waals surface area (Å²) in [7, 11) is 0. The first-order valence-corrected chi connectivity index (χ1v) is 7.94. The van der Waals surface area contributed by atoms with Gasteiger partial charge in [-0.3, -0.25) is 0 Å². The predicted molar refractivity (Wildman–Crippen MR) is 79.1 cm³/mol. The van der Waals surface area contributed by atoms with Gasteiger partial charge < -0.3 is 5.32 Å². The minimum absolute atomic E-state index is 0.468. The molecule has 18 heavy (non-hydrogen) atoms. The summed E-state index contributed by atoms with van der Waals surface area (Å²) in [6.45, 7) is 5.05. The van der Waals surface area contributed by atoms with Crippen LogP contribution in [0.15, 0.2) is 29.2 Å². The van der Waals surface area contributed by atoms with Crippen LogP contribution in [0.5, 0.6) is 0 Å². The molecular formula is C13H17N3S2. The Morgan fingerprint density at radius 2 is 2.06 bits per heavy atom. The summed E-state index contributed by atoms with van der Waals surface area (Å²) in [5.41, 5.74) is 1.18. The highest BCUT2D eigenvalue weighted by atomic mass is 32.2. The molecular weight excluding hydrogens is 262 g/mol. The lowest BCUT2D eigenvalue weighted by Gasteiger charge is -2.04. The zero-order chi connectivity index (χ0) is 13.0. The van der Waals surface area contributed by atoms with E-state index in [-0.39, 0.29) is 0 Å². The molecule has 1 N–H and O–H groups in total. The first kappa shape index (κ1) is 13.5. The van der Waals surface area contributed by atoms with Crippen molar-refractivity contribution in [2.75, 3.05) is 6.26 Å². The van der Waals surface area contributed by atoms with E-state index in [9.17, 15) is 0 Å². The fourth-order valence-electron chi connectivity index (χ4n) is 1.55. The van der Waals surface area contributed by atoms with E-state index < -0.39 is 0 Å². The summed E-state index contributed by atoms with van der Waals surface area (Å²) in [6.07, 6.45) is 2.08. The Labute approximate surface area is 116 Å². The molecule has 1 heterocycles. The van der Waals surface area contributed by atoms with E-state index in [0.717, 1.165) is 16.6 Å². The minimum Gasteiger partial charge on any atom is -0.308 e. The first-order chi connectivity index (χ1) is 8.70. The van der Waals surface area contributed by atoms with E-state index in [2.05, 4.69) is 53.8 Å². The zero-order valence-corrected chi connectivity index (χ0v) is 12.4. The topological polar surface area (TPSA) is 37.8 Å². The van der Waals surface area contributed by atoms with Crippen LogP contribution in [0.4, 0.5) is 0 Å². The van der Waals surface area contributed by atoms with Gasteiger partial charge >= 0.3 is 0 Å². The average Bonchev–Trinajstić information content (AvgIpc) is 2.85. The van der Waals surface area contributed by atoms with Crippen molar-refractivity contribution in [3.05, 3.63) is 29.3 Å². The van der Waals surface area contributed by atoms with E-state index in [1.807, 2.05) is 6.07 Å². The molecule has 3 nitrogen and oxygen atoms in total. The monoisotopic (exact) mass is 279 g/mol. The smallest absolute Gasteiger partial charge is 0.148 e. The molecule has 0 saturated heterocycles. The zero-order valence-electron chi connectivity index (χ0n) is 10.8. The van der Waals surface area contributed by atoms with Crippen molar-refractivity contribution in [2.45, 2.75) is 31.3 Å². The molecule has 0 amide bonds. The lowest BCUT2D eigenvalue weighted by molar-refractivity contribution is 0.585. The van der Waals surface area contributed by atoms with Crippen molar-refractivity contribution in [2.24, 2.45) is 0 Å². The Morgan fingerprint density at radius 1 is 1.28 bits per heavy atom. The summed E-state index contributed by atoms with van der Waals surface area (Å²) < 4.78 is 0. The fraction of sp³-hybridized carbons (Fsp3) is 0.385. The molecule has 2 aromatic rings. The second-order valence-electron chi connectivity index (χ2n) is 4.24. The number of benzene rings is 1. The third-order valence-corrected chi connectivity index (χ3v) is 4.22. The van der Waals surface area contributed by atoms with Crippen molar-refractivity contribution >= 4 is 23.1 Å². The molecule has 5 heteroatoms. The van der Waals surface area contributed by atoms with Crippen molar-refractivity contribution in [1.82, 2.24) is 15.5 Å². The molecule has 0 atom stereocenters. The van der Waals surface area contributed by atoms with Crippen LogP contribution < -0.4 is 5.32 Å². The fourth-order valence-corrected chi connectivity index (χ4v) is 3.04. The number of hydrogen-bond acceptors (Lipinski definition) is 5. The number of aromatic nitrogens is 2. The van der Waals surface area contributed by atoms with Gasteiger partial charge in [-0.2, -0.15) is 0 Å². The van der Waals surface area contributed by atoms with Crippen LogP contribution in [-0.2, 0) is 6.54 Å². The van der Waals surface area contributed by atoms with Crippen molar-refractivity contribution in [3.8, 4) is 10.6 Å². The van der Waals surface area contributed by atoms with Gasteiger partial charge in [0.15, 0.2) is 0 Å². The largest absolute Gasteiger partial charge is 0.308 e. The summed E-state index contributed by atoms with van der Waals surface area (Å²) in [5.74, 6) is 0. The van der Waals surface area contributed by atoms with E-state index >= 15 is 0 Å². The van der Waals surface area contributed by atoms with Gasteiger partial charge in [0.2, 0.25) is 0 Å². The highest BCUT2D eigenvalue weighted by molar-refractivity contribution is 7.98. The lowest BCUT2D eigenvalue weighted by Crippen LogP contribution is -2.21. The molecule has 0 saturated carbocycles. The van der Waals surface area contributed by atoms with Crippen molar-refractivity contribution in [3.63, 3.8) is 0 Å². The summed E-state index contributed by atoms with van der Waals surface area (Å²) in [4.78, 5) is 1.25. The minimum atomic E-state index is 0.468. The Kier molecular flexibility index (Phi) is 4.74. The van der Waals surface area contributed by atoms with Gasteiger partial charge in [-0.05, 0) is 12.3 Å². The van der Waals surface area contributed by atoms with Gasteiger partial charge in [0.25, 0.3) is 0 Å². The molecule has 0 bridgehead atoms. The lowest BCUT2D eigenvalue weighted by atomic mass is 10.2. The van der Waals surface area contributed by atoms with Crippen LogP contribution in [0.2, 0.25) is 0 Å². The van der Waals surface area contributed by atoms with E-state index in [4.69, 9.17) is 0 Å². The summed E-state index contributed by atoms with van der Waals surface area (Å²) in [6, 6.07) is 8.79. The summed E-state index contributed by atoms with van der Waals surface area (Å²) >= 11 is 3.40. The Morgan fingerprint density at radius 3 is 2.78 bits per heavy atom. The maximum Gasteiger partial charge on any atom is 0.148 e. The standard InChI is InChI=1S/C13H17N3S2/c1-9(2)14-8-12-15-16-13(18-12)10-6-4-5-7-11(10)17-3/h4-7,9,14H,8H2,1-3H3. The van der Waals surface area contributed by atoms with Crippen LogP contribution in [0, 0.1) is 0 Å². The SMILES string of the molecule is CSc1ccccc1-c1nnc(CNC(C)C)s1. The van der Waals surface area contributed by atoms with Gasteiger partial charge in [-0.1, -0.05) is 43.4 Å². The van der Waals surface area contributed by atoms with Gasteiger partial charge in [0, 0.05) is 23.0 Å².